The van der Waals surface area contributed by atoms with E-state index in [4.69, 9.17) is 0 Å². The average molecular weight is 262 g/mol. The molecule has 0 amide bonds. The van der Waals surface area contributed by atoms with Crippen LogP contribution in [0.2, 0.25) is 0 Å². The fourth-order valence-electron chi connectivity index (χ4n) is 2.98. The Labute approximate surface area is 114 Å². The lowest BCUT2D eigenvalue weighted by Gasteiger charge is -2.08. The summed E-state index contributed by atoms with van der Waals surface area (Å²) in [6.07, 6.45) is 0. The van der Waals surface area contributed by atoms with Crippen molar-refractivity contribution in [3.8, 4) is 0 Å². The molecule has 0 aliphatic heterocycles. The van der Waals surface area contributed by atoms with Crippen molar-refractivity contribution in [2.24, 2.45) is 16.7 Å². The third-order valence-corrected chi connectivity index (χ3v) is 5.24. The van der Waals surface area contributed by atoms with E-state index in [-0.39, 0.29) is 10.6 Å². The second-order valence-electron chi connectivity index (χ2n) is 6.64. The Bertz CT molecular complexity index is 507. The molecular weight excluding hydrogens is 240 g/mol. The molecule has 0 atom stereocenters. The Kier molecular flexibility index (Phi) is 3.07. The molecule has 1 aliphatic carbocycles. The van der Waals surface area contributed by atoms with Crippen LogP contribution in [0.5, 0.6) is 0 Å². The molecule has 1 saturated carbocycles. The summed E-state index contributed by atoms with van der Waals surface area (Å²) < 4.78 is 0. The van der Waals surface area contributed by atoms with E-state index >= 15 is 0 Å². The molecule has 1 aromatic rings. The maximum Gasteiger partial charge on any atom is 0.274 e. The first-order chi connectivity index (χ1) is 8.68. The number of nitro benzene ring substituents is 1. The van der Waals surface area contributed by atoms with Gasteiger partial charge in [0, 0.05) is 23.9 Å². The summed E-state index contributed by atoms with van der Waals surface area (Å²) in [5.41, 5.74) is 2.37. The lowest BCUT2D eigenvalue weighted by molar-refractivity contribution is -0.385. The van der Waals surface area contributed by atoms with E-state index in [1.165, 1.54) is 0 Å². The molecule has 0 unspecified atom stereocenters. The van der Waals surface area contributed by atoms with Gasteiger partial charge >= 0.3 is 0 Å². The molecule has 0 heterocycles. The van der Waals surface area contributed by atoms with Crippen molar-refractivity contribution in [2.45, 2.75) is 34.6 Å². The first kappa shape index (κ1) is 13.8. The number of nitrogens with one attached hydrogen (secondary N) is 1. The van der Waals surface area contributed by atoms with Gasteiger partial charge in [-0.2, -0.15) is 0 Å². The van der Waals surface area contributed by atoms with Crippen LogP contribution < -0.4 is 5.32 Å². The highest BCUT2D eigenvalue weighted by atomic mass is 16.6. The SMILES string of the molecule is Cc1ccc(NCC2C(C)(C)C2(C)C)cc1[N+](=O)[O-]. The van der Waals surface area contributed by atoms with Gasteiger partial charge in [0.25, 0.3) is 5.69 Å². The van der Waals surface area contributed by atoms with Crippen LogP contribution in [-0.4, -0.2) is 11.5 Å². The lowest BCUT2D eigenvalue weighted by Crippen LogP contribution is -2.08. The van der Waals surface area contributed by atoms with E-state index in [1.807, 2.05) is 6.07 Å². The molecule has 1 N–H and O–H groups in total. The average Bonchev–Trinajstić information content (AvgIpc) is 2.68. The Morgan fingerprint density at radius 3 is 2.32 bits per heavy atom. The first-order valence-corrected chi connectivity index (χ1v) is 6.67. The fraction of sp³-hybridized carbons (Fsp3) is 0.600. The molecule has 1 aliphatic rings. The number of rotatable bonds is 4. The van der Waals surface area contributed by atoms with Crippen LogP contribution in [-0.2, 0) is 0 Å². The van der Waals surface area contributed by atoms with Crippen molar-refractivity contribution < 1.29 is 4.92 Å². The summed E-state index contributed by atoms with van der Waals surface area (Å²) in [6, 6.07) is 5.33. The molecule has 2 rings (SSSR count). The molecule has 0 radical (unpaired) electrons. The summed E-state index contributed by atoms with van der Waals surface area (Å²) in [5, 5.41) is 14.2. The van der Waals surface area contributed by atoms with E-state index in [1.54, 1.807) is 19.1 Å². The van der Waals surface area contributed by atoms with Crippen molar-refractivity contribution in [3.05, 3.63) is 33.9 Å². The van der Waals surface area contributed by atoms with Gasteiger partial charge < -0.3 is 5.32 Å². The second kappa shape index (κ2) is 4.22. The Morgan fingerprint density at radius 2 is 1.84 bits per heavy atom. The van der Waals surface area contributed by atoms with Crippen LogP contribution >= 0.6 is 0 Å². The van der Waals surface area contributed by atoms with Gasteiger partial charge in [0.05, 0.1) is 4.92 Å². The van der Waals surface area contributed by atoms with Crippen LogP contribution in [0, 0.1) is 33.8 Å². The van der Waals surface area contributed by atoms with Crippen LogP contribution in [0.4, 0.5) is 11.4 Å². The van der Waals surface area contributed by atoms with Crippen molar-refractivity contribution in [3.63, 3.8) is 0 Å². The smallest absolute Gasteiger partial charge is 0.274 e. The quantitative estimate of drug-likeness (QED) is 0.659. The number of benzene rings is 1. The number of aryl methyl sites for hydroxylation is 1. The zero-order valence-corrected chi connectivity index (χ0v) is 12.3. The van der Waals surface area contributed by atoms with E-state index in [0.29, 0.717) is 22.3 Å². The molecule has 0 aromatic heterocycles. The van der Waals surface area contributed by atoms with Gasteiger partial charge in [-0.15, -0.1) is 0 Å². The molecule has 0 saturated heterocycles. The lowest BCUT2D eigenvalue weighted by atomic mass is 10.0. The van der Waals surface area contributed by atoms with E-state index < -0.39 is 0 Å². The summed E-state index contributed by atoms with van der Waals surface area (Å²) in [7, 11) is 0. The summed E-state index contributed by atoms with van der Waals surface area (Å²) in [6.45, 7) is 11.7. The number of anilines is 1. The van der Waals surface area contributed by atoms with Crippen LogP contribution in [0.25, 0.3) is 0 Å². The van der Waals surface area contributed by atoms with Crippen molar-refractivity contribution in [2.75, 3.05) is 11.9 Å². The van der Waals surface area contributed by atoms with Gasteiger partial charge in [0.15, 0.2) is 0 Å². The number of nitro groups is 1. The largest absolute Gasteiger partial charge is 0.385 e. The fourth-order valence-corrected chi connectivity index (χ4v) is 2.98. The molecule has 4 nitrogen and oxygen atoms in total. The van der Waals surface area contributed by atoms with Crippen LogP contribution in [0.1, 0.15) is 33.3 Å². The summed E-state index contributed by atoms with van der Waals surface area (Å²) >= 11 is 0. The van der Waals surface area contributed by atoms with E-state index in [9.17, 15) is 10.1 Å². The Hall–Kier alpha value is -1.58. The van der Waals surface area contributed by atoms with E-state index in [2.05, 4.69) is 33.0 Å². The van der Waals surface area contributed by atoms with E-state index in [0.717, 1.165) is 12.2 Å². The molecule has 4 heteroatoms. The van der Waals surface area contributed by atoms with Gasteiger partial charge in [0.1, 0.15) is 0 Å². The highest BCUT2D eigenvalue weighted by molar-refractivity contribution is 5.55. The van der Waals surface area contributed by atoms with Crippen LogP contribution in [0.15, 0.2) is 18.2 Å². The second-order valence-corrected chi connectivity index (χ2v) is 6.64. The third-order valence-electron chi connectivity index (χ3n) is 5.24. The Morgan fingerprint density at radius 1 is 1.26 bits per heavy atom. The number of hydrogen-bond donors (Lipinski definition) is 1. The molecule has 1 fully saturated rings. The number of hydrogen-bond acceptors (Lipinski definition) is 3. The first-order valence-electron chi connectivity index (χ1n) is 6.67. The maximum absolute atomic E-state index is 10.9. The van der Waals surface area contributed by atoms with Gasteiger partial charge in [-0.1, -0.05) is 33.8 Å². The van der Waals surface area contributed by atoms with Gasteiger partial charge in [-0.05, 0) is 29.7 Å². The molecule has 104 valence electrons. The minimum Gasteiger partial charge on any atom is -0.385 e. The minimum atomic E-state index is -0.328. The standard InChI is InChI=1S/C15H22N2O2/c1-10-6-7-11(8-12(10)17(18)19)16-9-13-14(2,3)15(13,4)5/h6-8,13,16H,9H2,1-5H3. The van der Waals surface area contributed by atoms with Gasteiger partial charge in [-0.3, -0.25) is 10.1 Å². The molecule has 19 heavy (non-hydrogen) atoms. The summed E-state index contributed by atoms with van der Waals surface area (Å²) in [4.78, 5) is 10.6. The highest BCUT2D eigenvalue weighted by Gasteiger charge is 2.63. The molecular formula is C15H22N2O2. The molecule has 1 aromatic carbocycles. The third kappa shape index (κ3) is 2.20. The zero-order valence-electron chi connectivity index (χ0n) is 12.3. The molecule has 0 bridgehead atoms. The topological polar surface area (TPSA) is 55.2 Å². The van der Waals surface area contributed by atoms with Gasteiger partial charge in [-0.25, -0.2) is 0 Å². The monoisotopic (exact) mass is 262 g/mol. The zero-order chi connectivity index (χ0) is 14.4. The predicted molar refractivity (Wildman–Crippen MR) is 77.4 cm³/mol. The maximum atomic E-state index is 10.9. The van der Waals surface area contributed by atoms with Crippen molar-refractivity contribution in [1.82, 2.24) is 0 Å². The van der Waals surface area contributed by atoms with Crippen molar-refractivity contribution in [1.29, 1.82) is 0 Å². The molecule has 0 spiro atoms. The normalized spacial score (nSPS) is 20.1. The number of nitrogens with zero attached hydrogens (tertiary/aromatic N) is 1. The minimum absolute atomic E-state index is 0.180. The van der Waals surface area contributed by atoms with Crippen LogP contribution in [0.3, 0.4) is 0 Å². The summed E-state index contributed by atoms with van der Waals surface area (Å²) in [5.74, 6) is 0.598. The van der Waals surface area contributed by atoms with Gasteiger partial charge in [0.2, 0.25) is 0 Å². The predicted octanol–water partition coefficient (Wildman–Crippen LogP) is 4.00. The highest BCUT2D eigenvalue weighted by Crippen LogP contribution is 2.68. The Balaban J connectivity index is 2.06. The van der Waals surface area contributed by atoms with Crippen molar-refractivity contribution >= 4 is 11.4 Å².